The smallest absolute Gasteiger partial charge is 0.248 e. The van der Waals surface area contributed by atoms with Crippen LogP contribution in [0.1, 0.15) is 26.2 Å². The van der Waals surface area contributed by atoms with Gasteiger partial charge in [0.05, 0.1) is 6.61 Å². The van der Waals surface area contributed by atoms with Gasteiger partial charge in [0.1, 0.15) is 6.61 Å². The molecule has 0 radical (unpaired) electrons. The molecule has 0 aromatic heterocycles. The van der Waals surface area contributed by atoms with E-state index in [2.05, 4.69) is 0 Å². The highest BCUT2D eigenvalue weighted by atomic mass is 16.5. The first-order valence-corrected chi connectivity index (χ1v) is 5.35. The van der Waals surface area contributed by atoms with Crippen LogP contribution in [0.3, 0.4) is 0 Å². The van der Waals surface area contributed by atoms with Crippen LogP contribution in [0, 0.1) is 0 Å². The molecule has 0 saturated carbocycles. The molecule has 1 aliphatic rings. The average molecular weight is 200 g/mol. The molecule has 2 N–H and O–H groups in total. The molecule has 4 heteroatoms. The van der Waals surface area contributed by atoms with Crippen molar-refractivity contribution in [1.29, 1.82) is 0 Å². The maximum Gasteiger partial charge on any atom is 0.248 e. The summed E-state index contributed by atoms with van der Waals surface area (Å²) in [5, 5.41) is 0. The second-order valence-corrected chi connectivity index (χ2v) is 3.77. The van der Waals surface area contributed by atoms with Crippen LogP contribution in [0.25, 0.3) is 0 Å². The summed E-state index contributed by atoms with van der Waals surface area (Å²) < 4.78 is 5.24. The Hall–Kier alpha value is -0.610. The Morgan fingerprint density at radius 3 is 2.71 bits per heavy atom. The standard InChI is InChI=1S/C10H20N2O2/c1-2-9(11)7-14-8-10(13)12-5-3-4-6-12/h9H,2-8,11H2,1H3. The summed E-state index contributed by atoms with van der Waals surface area (Å²) in [5.41, 5.74) is 5.66. The normalized spacial score (nSPS) is 18.6. The van der Waals surface area contributed by atoms with E-state index in [0.717, 1.165) is 32.4 Å². The van der Waals surface area contributed by atoms with E-state index in [1.165, 1.54) is 0 Å². The van der Waals surface area contributed by atoms with Crippen molar-refractivity contribution in [2.75, 3.05) is 26.3 Å². The van der Waals surface area contributed by atoms with E-state index in [1.54, 1.807) is 0 Å². The monoisotopic (exact) mass is 200 g/mol. The zero-order valence-corrected chi connectivity index (χ0v) is 8.87. The van der Waals surface area contributed by atoms with Crippen LogP contribution in [0.2, 0.25) is 0 Å². The molecule has 1 rings (SSSR count). The quantitative estimate of drug-likeness (QED) is 0.697. The molecule has 1 amide bonds. The van der Waals surface area contributed by atoms with Crippen LogP contribution in [-0.4, -0.2) is 43.2 Å². The zero-order chi connectivity index (χ0) is 10.4. The Morgan fingerprint density at radius 1 is 1.50 bits per heavy atom. The number of amides is 1. The number of hydrogen-bond acceptors (Lipinski definition) is 3. The lowest BCUT2D eigenvalue weighted by molar-refractivity contribution is -0.135. The first-order valence-electron chi connectivity index (χ1n) is 5.35. The molecule has 82 valence electrons. The number of carbonyl (C=O) groups excluding carboxylic acids is 1. The third-order valence-electron chi connectivity index (χ3n) is 2.54. The van der Waals surface area contributed by atoms with Crippen molar-refractivity contribution in [1.82, 2.24) is 4.90 Å². The minimum absolute atomic E-state index is 0.0568. The molecule has 1 aliphatic heterocycles. The molecule has 1 unspecified atom stereocenters. The number of carbonyl (C=O) groups is 1. The second-order valence-electron chi connectivity index (χ2n) is 3.77. The van der Waals surface area contributed by atoms with Crippen LogP contribution < -0.4 is 5.73 Å². The lowest BCUT2D eigenvalue weighted by Gasteiger charge is -2.16. The van der Waals surface area contributed by atoms with Crippen molar-refractivity contribution < 1.29 is 9.53 Å². The van der Waals surface area contributed by atoms with Crippen molar-refractivity contribution >= 4 is 5.91 Å². The fourth-order valence-corrected chi connectivity index (χ4v) is 1.47. The Morgan fingerprint density at radius 2 is 2.14 bits per heavy atom. The van der Waals surface area contributed by atoms with Gasteiger partial charge in [-0.15, -0.1) is 0 Å². The third kappa shape index (κ3) is 3.64. The highest BCUT2D eigenvalue weighted by molar-refractivity contribution is 5.77. The molecular formula is C10H20N2O2. The van der Waals surface area contributed by atoms with Gasteiger partial charge in [-0.1, -0.05) is 6.92 Å². The molecule has 0 aromatic carbocycles. The van der Waals surface area contributed by atoms with Gasteiger partial charge in [-0.2, -0.15) is 0 Å². The van der Waals surface area contributed by atoms with Crippen molar-refractivity contribution in [3.63, 3.8) is 0 Å². The van der Waals surface area contributed by atoms with Crippen LogP contribution in [-0.2, 0) is 9.53 Å². The molecule has 1 atom stereocenters. The van der Waals surface area contributed by atoms with Crippen molar-refractivity contribution in [3.8, 4) is 0 Å². The number of nitrogens with zero attached hydrogens (tertiary/aromatic N) is 1. The molecule has 1 fully saturated rings. The van der Waals surface area contributed by atoms with E-state index in [-0.39, 0.29) is 18.6 Å². The highest BCUT2D eigenvalue weighted by Gasteiger charge is 2.17. The Labute approximate surface area is 85.4 Å². The van der Waals surface area contributed by atoms with Gasteiger partial charge in [-0.3, -0.25) is 4.79 Å². The first-order chi connectivity index (χ1) is 6.74. The summed E-state index contributed by atoms with van der Waals surface area (Å²) in [6.07, 6.45) is 3.14. The van der Waals surface area contributed by atoms with E-state index in [4.69, 9.17) is 10.5 Å². The Balaban J connectivity index is 2.08. The summed E-state index contributed by atoms with van der Waals surface area (Å²) in [5.74, 6) is 0.103. The maximum absolute atomic E-state index is 11.5. The van der Waals surface area contributed by atoms with Gasteiger partial charge in [-0.05, 0) is 19.3 Å². The van der Waals surface area contributed by atoms with E-state index in [1.807, 2.05) is 11.8 Å². The number of nitrogens with two attached hydrogens (primary N) is 1. The molecular weight excluding hydrogens is 180 g/mol. The van der Waals surface area contributed by atoms with Crippen molar-refractivity contribution in [2.45, 2.75) is 32.2 Å². The van der Waals surface area contributed by atoms with Gasteiger partial charge >= 0.3 is 0 Å². The predicted octanol–water partition coefficient (Wildman–Crippen LogP) is 0.363. The molecule has 0 spiro atoms. The third-order valence-corrected chi connectivity index (χ3v) is 2.54. The zero-order valence-electron chi connectivity index (χ0n) is 8.87. The molecule has 0 aromatic rings. The minimum atomic E-state index is 0.0568. The highest BCUT2D eigenvalue weighted by Crippen LogP contribution is 2.07. The summed E-state index contributed by atoms with van der Waals surface area (Å²) in [4.78, 5) is 13.3. The summed E-state index contributed by atoms with van der Waals surface area (Å²) >= 11 is 0. The molecule has 0 bridgehead atoms. The SMILES string of the molecule is CCC(N)COCC(=O)N1CCCC1. The lowest BCUT2D eigenvalue weighted by atomic mass is 10.3. The number of ether oxygens (including phenoxy) is 1. The fourth-order valence-electron chi connectivity index (χ4n) is 1.47. The predicted molar refractivity (Wildman–Crippen MR) is 54.9 cm³/mol. The van der Waals surface area contributed by atoms with Gasteiger partial charge < -0.3 is 15.4 Å². The topological polar surface area (TPSA) is 55.6 Å². The van der Waals surface area contributed by atoms with Gasteiger partial charge in [0.2, 0.25) is 5.91 Å². The lowest BCUT2D eigenvalue weighted by Crippen LogP contribution is -2.33. The van der Waals surface area contributed by atoms with Crippen molar-refractivity contribution in [2.24, 2.45) is 5.73 Å². The average Bonchev–Trinajstić information content (AvgIpc) is 2.70. The summed E-state index contributed by atoms with van der Waals surface area (Å²) in [6, 6.07) is 0.0568. The van der Waals surface area contributed by atoms with Crippen LogP contribution in [0.5, 0.6) is 0 Å². The molecule has 1 saturated heterocycles. The summed E-state index contributed by atoms with van der Waals surface area (Å²) in [6.45, 7) is 4.46. The van der Waals surface area contributed by atoms with Gasteiger partial charge in [0, 0.05) is 19.1 Å². The molecule has 14 heavy (non-hydrogen) atoms. The van der Waals surface area contributed by atoms with E-state index >= 15 is 0 Å². The maximum atomic E-state index is 11.5. The van der Waals surface area contributed by atoms with Crippen LogP contribution in [0.4, 0.5) is 0 Å². The molecule has 1 heterocycles. The summed E-state index contributed by atoms with van der Waals surface area (Å²) in [7, 11) is 0. The van der Waals surface area contributed by atoms with E-state index in [0.29, 0.717) is 6.61 Å². The number of likely N-dealkylation sites (tertiary alicyclic amines) is 1. The Bertz CT molecular complexity index is 179. The molecule has 4 nitrogen and oxygen atoms in total. The van der Waals surface area contributed by atoms with E-state index in [9.17, 15) is 4.79 Å². The van der Waals surface area contributed by atoms with Crippen LogP contribution >= 0.6 is 0 Å². The van der Waals surface area contributed by atoms with Gasteiger partial charge in [0.15, 0.2) is 0 Å². The largest absolute Gasteiger partial charge is 0.370 e. The minimum Gasteiger partial charge on any atom is -0.370 e. The first kappa shape index (κ1) is 11.5. The van der Waals surface area contributed by atoms with Crippen LogP contribution in [0.15, 0.2) is 0 Å². The number of rotatable bonds is 5. The second kappa shape index (κ2) is 5.98. The Kier molecular flexibility index (Phi) is 4.90. The van der Waals surface area contributed by atoms with Crippen molar-refractivity contribution in [3.05, 3.63) is 0 Å². The molecule has 0 aliphatic carbocycles. The van der Waals surface area contributed by atoms with E-state index < -0.39 is 0 Å². The fraction of sp³-hybridized carbons (Fsp3) is 0.900. The van der Waals surface area contributed by atoms with Gasteiger partial charge in [0.25, 0.3) is 0 Å². The number of hydrogen-bond donors (Lipinski definition) is 1. The van der Waals surface area contributed by atoms with Gasteiger partial charge in [-0.25, -0.2) is 0 Å².